The first-order valence-electron chi connectivity index (χ1n) is 9.27. The molecular formula is C24H20O4. The van der Waals surface area contributed by atoms with Crippen LogP contribution in [0.15, 0.2) is 82.0 Å². The molecule has 4 heteroatoms. The van der Waals surface area contributed by atoms with Gasteiger partial charge in [-0.15, -0.1) is 0 Å². The third-order valence-corrected chi connectivity index (χ3v) is 4.94. The van der Waals surface area contributed by atoms with Gasteiger partial charge in [-0.1, -0.05) is 67.6 Å². The van der Waals surface area contributed by atoms with Crippen molar-refractivity contribution in [3.8, 4) is 0 Å². The summed E-state index contributed by atoms with van der Waals surface area (Å²) in [6.07, 6.45) is 0.282. The van der Waals surface area contributed by atoms with Crippen molar-refractivity contribution < 1.29 is 13.9 Å². The average molecular weight is 372 g/mol. The summed E-state index contributed by atoms with van der Waals surface area (Å²) in [6.45, 7) is 2.03. The van der Waals surface area contributed by atoms with Crippen molar-refractivity contribution in [1.82, 2.24) is 0 Å². The van der Waals surface area contributed by atoms with Crippen LogP contribution in [-0.2, 0) is 16.1 Å². The topological polar surface area (TPSA) is 56.5 Å². The number of carbonyl (C=O) groups excluding carboxylic acids is 1. The van der Waals surface area contributed by atoms with E-state index in [0.29, 0.717) is 11.1 Å². The fourth-order valence-corrected chi connectivity index (χ4v) is 3.50. The summed E-state index contributed by atoms with van der Waals surface area (Å²) in [5, 5.41) is 2.81. The van der Waals surface area contributed by atoms with Gasteiger partial charge in [-0.3, -0.25) is 4.79 Å². The highest BCUT2D eigenvalue weighted by Crippen LogP contribution is 2.28. The quantitative estimate of drug-likeness (QED) is 0.275. The molecule has 0 saturated carbocycles. The van der Waals surface area contributed by atoms with E-state index in [1.807, 2.05) is 67.6 Å². The van der Waals surface area contributed by atoms with Crippen molar-refractivity contribution >= 4 is 27.7 Å². The number of hydrogen-bond donors (Lipinski definition) is 0. The van der Waals surface area contributed by atoms with Crippen molar-refractivity contribution in [2.45, 2.75) is 25.9 Å². The van der Waals surface area contributed by atoms with Crippen LogP contribution >= 0.6 is 0 Å². The van der Waals surface area contributed by atoms with E-state index in [1.54, 1.807) is 6.07 Å². The van der Waals surface area contributed by atoms with Crippen LogP contribution in [0.4, 0.5) is 0 Å². The molecule has 0 spiro atoms. The van der Waals surface area contributed by atoms with Gasteiger partial charge >= 0.3 is 11.6 Å². The zero-order valence-electron chi connectivity index (χ0n) is 15.6. The van der Waals surface area contributed by atoms with Crippen LogP contribution in [0.3, 0.4) is 0 Å². The Kier molecular flexibility index (Phi) is 4.94. The van der Waals surface area contributed by atoms with E-state index in [0.717, 1.165) is 21.7 Å². The SMILES string of the molecule is C[C@H](CC(=O)OCc1cc(=O)oc2ccc3ccccc3c12)c1ccccc1. The van der Waals surface area contributed by atoms with Gasteiger partial charge in [-0.25, -0.2) is 4.79 Å². The van der Waals surface area contributed by atoms with E-state index in [-0.39, 0.29) is 24.9 Å². The van der Waals surface area contributed by atoms with E-state index in [4.69, 9.17) is 9.15 Å². The van der Waals surface area contributed by atoms with Crippen molar-refractivity contribution in [3.05, 3.63) is 94.3 Å². The Labute approximate surface area is 162 Å². The zero-order valence-corrected chi connectivity index (χ0v) is 15.6. The van der Waals surface area contributed by atoms with Gasteiger partial charge in [-0.2, -0.15) is 0 Å². The molecule has 0 aliphatic heterocycles. The third-order valence-electron chi connectivity index (χ3n) is 4.94. The number of carbonyl (C=O) groups is 1. The molecule has 1 atom stereocenters. The smallest absolute Gasteiger partial charge is 0.336 e. The van der Waals surface area contributed by atoms with Gasteiger partial charge in [0.15, 0.2) is 0 Å². The molecule has 0 aliphatic carbocycles. The maximum Gasteiger partial charge on any atom is 0.336 e. The maximum atomic E-state index is 12.4. The number of ether oxygens (including phenoxy) is 1. The van der Waals surface area contributed by atoms with Gasteiger partial charge in [0, 0.05) is 17.0 Å². The standard InChI is InChI=1S/C24H20O4/c1-16(17-7-3-2-4-8-17)13-22(25)27-15-19-14-23(26)28-21-12-11-18-9-5-6-10-20(18)24(19)21/h2-12,14,16H,13,15H2,1H3/t16-/m1/s1. The second-order valence-electron chi connectivity index (χ2n) is 6.93. The molecule has 0 amide bonds. The summed E-state index contributed by atoms with van der Waals surface area (Å²) in [6, 6.07) is 22.8. The molecular weight excluding hydrogens is 352 g/mol. The molecule has 140 valence electrons. The number of benzene rings is 3. The van der Waals surface area contributed by atoms with Crippen LogP contribution in [0.25, 0.3) is 21.7 Å². The van der Waals surface area contributed by atoms with Gasteiger partial charge < -0.3 is 9.15 Å². The fourth-order valence-electron chi connectivity index (χ4n) is 3.50. The first kappa shape index (κ1) is 18.0. The lowest BCUT2D eigenvalue weighted by atomic mass is 9.98. The minimum Gasteiger partial charge on any atom is -0.461 e. The molecule has 0 radical (unpaired) electrons. The van der Waals surface area contributed by atoms with E-state index >= 15 is 0 Å². The van der Waals surface area contributed by atoms with E-state index in [1.165, 1.54) is 6.07 Å². The molecule has 3 aromatic carbocycles. The molecule has 4 aromatic rings. The first-order chi connectivity index (χ1) is 13.6. The van der Waals surface area contributed by atoms with E-state index in [2.05, 4.69) is 0 Å². The van der Waals surface area contributed by atoms with Crippen LogP contribution in [0.5, 0.6) is 0 Å². The number of fused-ring (bicyclic) bond motifs is 3. The number of hydrogen-bond acceptors (Lipinski definition) is 4. The van der Waals surface area contributed by atoms with E-state index < -0.39 is 5.63 Å². The molecule has 1 heterocycles. The van der Waals surface area contributed by atoms with Gasteiger partial charge in [-0.05, 0) is 28.3 Å². The Morgan fingerprint density at radius 3 is 2.57 bits per heavy atom. The first-order valence-corrected chi connectivity index (χ1v) is 9.27. The summed E-state index contributed by atoms with van der Waals surface area (Å²) in [7, 11) is 0. The maximum absolute atomic E-state index is 12.4. The fraction of sp³-hybridized carbons (Fsp3) is 0.167. The molecule has 0 fully saturated rings. The Balaban J connectivity index is 1.58. The summed E-state index contributed by atoms with van der Waals surface area (Å²) in [4.78, 5) is 24.3. The Hall–Kier alpha value is -3.40. The average Bonchev–Trinajstić information content (AvgIpc) is 2.72. The highest BCUT2D eigenvalue weighted by molar-refractivity contribution is 6.07. The lowest BCUT2D eigenvalue weighted by Crippen LogP contribution is -2.10. The zero-order chi connectivity index (χ0) is 19.5. The lowest BCUT2D eigenvalue weighted by Gasteiger charge is -2.13. The summed E-state index contributed by atoms with van der Waals surface area (Å²) in [5.74, 6) is -0.231. The van der Waals surface area contributed by atoms with Crippen molar-refractivity contribution in [2.24, 2.45) is 0 Å². The predicted octanol–water partition coefficient (Wildman–Crippen LogP) is 5.18. The largest absolute Gasteiger partial charge is 0.461 e. The van der Waals surface area contributed by atoms with Crippen LogP contribution in [-0.4, -0.2) is 5.97 Å². The minimum absolute atomic E-state index is 0.0381. The molecule has 28 heavy (non-hydrogen) atoms. The lowest BCUT2D eigenvalue weighted by molar-refractivity contribution is -0.145. The summed E-state index contributed by atoms with van der Waals surface area (Å²) >= 11 is 0. The van der Waals surface area contributed by atoms with Crippen molar-refractivity contribution in [1.29, 1.82) is 0 Å². The van der Waals surface area contributed by atoms with E-state index in [9.17, 15) is 9.59 Å². The predicted molar refractivity (Wildman–Crippen MR) is 109 cm³/mol. The molecule has 0 saturated heterocycles. The molecule has 0 N–H and O–H groups in total. The number of esters is 1. The molecule has 4 nitrogen and oxygen atoms in total. The highest BCUT2D eigenvalue weighted by atomic mass is 16.5. The minimum atomic E-state index is -0.452. The van der Waals surface area contributed by atoms with Crippen molar-refractivity contribution in [2.75, 3.05) is 0 Å². The Bertz CT molecular complexity index is 1190. The van der Waals surface area contributed by atoms with Gasteiger partial charge in [0.25, 0.3) is 0 Å². The molecule has 1 aromatic heterocycles. The second-order valence-corrected chi connectivity index (χ2v) is 6.93. The monoisotopic (exact) mass is 372 g/mol. The summed E-state index contributed by atoms with van der Waals surface area (Å²) < 4.78 is 10.9. The van der Waals surface area contributed by atoms with Crippen LogP contribution in [0.2, 0.25) is 0 Å². The van der Waals surface area contributed by atoms with Gasteiger partial charge in [0.1, 0.15) is 12.2 Å². The molecule has 0 aliphatic rings. The van der Waals surface area contributed by atoms with Crippen LogP contribution in [0, 0.1) is 0 Å². The number of rotatable bonds is 5. The molecule has 4 rings (SSSR count). The normalized spacial score (nSPS) is 12.2. The molecule has 0 unspecified atom stereocenters. The second kappa shape index (κ2) is 7.69. The van der Waals surface area contributed by atoms with Crippen LogP contribution < -0.4 is 5.63 Å². The summed E-state index contributed by atoms with van der Waals surface area (Å²) in [5.41, 5.74) is 1.79. The Morgan fingerprint density at radius 2 is 1.75 bits per heavy atom. The van der Waals surface area contributed by atoms with Gasteiger partial charge in [0.2, 0.25) is 0 Å². The molecule has 0 bridgehead atoms. The Morgan fingerprint density at radius 1 is 1.00 bits per heavy atom. The highest BCUT2D eigenvalue weighted by Gasteiger charge is 2.15. The van der Waals surface area contributed by atoms with Crippen LogP contribution in [0.1, 0.15) is 30.4 Å². The van der Waals surface area contributed by atoms with Crippen molar-refractivity contribution in [3.63, 3.8) is 0 Å². The van der Waals surface area contributed by atoms with Gasteiger partial charge in [0.05, 0.1) is 6.42 Å². The third kappa shape index (κ3) is 3.67.